The van der Waals surface area contributed by atoms with Gasteiger partial charge in [-0.3, -0.25) is 10.6 Å². The maximum absolute atomic E-state index is 10.9. The Morgan fingerprint density at radius 1 is 0.935 bits per heavy atom. The number of hydrogen-bond donors (Lipinski definition) is 8. The van der Waals surface area contributed by atoms with Gasteiger partial charge in [0.1, 0.15) is 12.5 Å². The molecule has 186 valence electrons. The first-order valence-corrected chi connectivity index (χ1v) is 12.3. The van der Waals surface area contributed by atoms with Crippen LogP contribution in [0.25, 0.3) is 0 Å². The Kier molecular flexibility index (Phi) is 14.1. The lowest BCUT2D eigenvalue weighted by Gasteiger charge is -2.37. The van der Waals surface area contributed by atoms with Gasteiger partial charge in [-0.15, -0.1) is 0 Å². The SMILES string of the molecule is COC(O)C1CCC(NC(O)[C@H](CC(C)C)NC(O)[C@@H](CC(O)O)C(C)CCS)CC1. The van der Waals surface area contributed by atoms with Crippen molar-refractivity contribution in [3.05, 3.63) is 0 Å². The highest BCUT2D eigenvalue weighted by Gasteiger charge is 2.33. The summed E-state index contributed by atoms with van der Waals surface area (Å²) in [5.41, 5.74) is 0. The number of thiol groups is 1. The van der Waals surface area contributed by atoms with Gasteiger partial charge >= 0.3 is 0 Å². The van der Waals surface area contributed by atoms with Crippen LogP contribution in [0.2, 0.25) is 0 Å². The van der Waals surface area contributed by atoms with Crippen molar-refractivity contribution in [2.75, 3.05) is 12.9 Å². The molecule has 31 heavy (non-hydrogen) atoms. The Hall–Kier alpha value is 0.0300. The van der Waals surface area contributed by atoms with Crippen molar-refractivity contribution in [2.45, 2.75) is 103 Å². The summed E-state index contributed by atoms with van der Waals surface area (Å²) >= 11 is 4.26. The second-order valence-electron chi connectivity index (χ2n) is 9.57. The fraction of sp³-hybridized carbons (Fsp3) is 1.00. The molecule has 1 saturated carbocycles. The average Bonchev–Trinajstić information content (AvgIpc) is 2.71. The highest BCUT2D eigenvalue weighted by atomic mass is 32.1. The Balaban J connectivity index is 2.73. The highest BCUT2D eigenvalue weighted by molar-refractivity contribution is 7.80. The first kappa shape index (κ1) is 29.1. The van der Waals surface area contributed by atoms with Gasteiger partial charge in [0.05, 0.1) is 0 Å². The van der Waals surface area contributed by atoms with Gasteiger partial charge in [-0.1, -0.05) is 20.8 Å². The van der Waals surface area contributed by atoms with Crippen LogP contribution in [0.4, 0.5) is 0 Å². The Bertz CT molecular complexity index is 465. The molecule has 0 amide bonds. The fourth-order valence-electron chi connectivity index (χ4n) is 4.59. The van der Waals surface area contributed by atoms with Crippen molar-refractivity contribution >= 4 is 12.6 Å². The number of hydrogen-bond acceptors (Lipinski definition) is 9. The first-order valence-electron chi connectivity index (χ1n) is 11.6. The van der Waals surface area contributed by atoms with Crippen LogP contribution >= 0.6 is 12.6 Å². The molecule has 0 aliphatic heterocycles. The molecule has 0 radical (unpaired) electrons. The van der Waals surface area contributed by atoms with Crippen LogP contribution in [0, 0.1) is 23.7 Å². The summed E-state index contributed by atoms with van der Waals surface area (Å²) in [6, 6.07) is -0.263. The van der Waals surface area contributed by atoms with Crippen LogP contribution in [-0.4, -0.2) is 75.5 Å². The van der Waals surface area contributed by atoms with Crippen LogP contribution in [-0.2, 0) is 4.74 Å². The van der Waals surface area contributed by atoms with Crippen molar-refractivity contribution < 1.29 is 30.3 Å². The van der Waals surface area contributed by atoms with Gasteiger partial charge in [0, 0.05) is 37.5 Å². The molecule has 0 spiro atoms. The number of ether oxygens (including phenoxy) is 1. The Morgan fingerprint density at radius 3 is 2.03 bits per heavy atom. The number of nitrogens with one attached hydrogen (secondary N) is 2. The molecule has 6 atom stereocenters. The smallest absolute Gasteiger partial charge is 0.156 e. The minimum absolute atomic E-state index is 0.0362. The summed E-state index contributed by atoms with van der Waals surface area (Å²) in [4.78, 5) is 0. The third-order valence-corrected chi connectivity index (χ3v) is 6.78. The number of methoxy groups -OCH3 is 1. The Morgan fingerprint density at radius 2 is 1.55 bits per heavy atom. The monoisotopic (exact) mass is 466 g/mol. The summed E-state index contributed by atoms with van der Waals surface area (Å²) < 4.78 is 5.03. The Labute approximate surface area is 193 Å². The standard InChI is InChI=1S/C22H46N2O6S/c1-13(2)11-18(24-20(27)17(12-19(25)26)14(3)9-10-31)21(28)23-16-7-5-15(6-8-16)22(29)30-4/h13-29,31H,5-12H2,1-4H3/t14?,15?,16?,17-,18-,20?,21?,22?/m0/s1. The second kappa shape index (κ2) is 15.0. The number of aliphatic hydroxyl groups excluding tert-OH is 4. The van der Waals surface area contributed by atoms with E-state index in [4.69, 9.17) is 4.74 Å². The van der Waals surface area contributed by atoms with Crippen molar-refractivity contribution in [3.63, 3.8) is 0 Å². The van der Waals surface area contributed by atoms with E-state index in [0.29, 0.717) is 18.1 Å². The van der Waals surface area contributed by atoms with Crippen LogP contribution in [0.5, 0.6) is 0 Å². The van der Waals surface area contributed by atoms with Gasteiger partial charge in [0.25, 0.3) is 0 Å². The topological polar surface area (TPSA) is 134 Å². The van der Waals surface area contributed by atoms with E-state index < -0.39 is 25.0 Å². The molecule has 0 aromatic heterocycles. The van der Waals surface area contributed by atoms with Crippen LogP contribution < -0.4 is 10.6 Å². The summed E-state index contributed by atoms with van der Waals surface area (Å²) in [7, 11) is 1.51. The van der Waals surface area contributed by atoms with Crippen molar-refractivity contribution in [2.24, 2.45) is 23.7 Å². The largest absolute Gasteiger partial charge is 0.378 e. The van der Waals surface area contributed by atoms with Gasteiger partial charge in [0.2, 0.25) is 0 Å². The maximum atomic E-state index is 10.9. The van der Waals surface area contributed by atoms with Crippen molar-refractivity contribution in [1.82, 2.24) is 10.6 Å². The number of rotatable bonds is 15. The summed E-state index contributed by atoms with van der Waals surface area (Å²) in [6.45, 7) is 6.08. The molecule has 1 aliphatic rings. The summed E-state index contributed by atoms with van der Waals surface area (Å²) in [6.07, 6.45) is 0.660. The summed E-state index contributed by atoms with van der Waals surface area (Å²) in [5, 5.41) is 57.1. The average molecular weight is 467 g/mol. The molecular formula is C22H46N2O6S. The molecule has 1 fully saturated rings. The molecular weight excluding hydrogens is 420 g/mol. The molecule has 1 aliphatic carbocycles. The third kappa shape index (κ3) is 10.7. The minimum Gasteiger partial charge on any atom is -0.378 e. The van der Waals surface area contributed by atoms with Gasteiger partial charge in [-0.25, -0.2) is 0 Å². The van der Waals surface area contributed by atoms with Gasteiger partial charge < -0.3 is 30.3 Å². The lowest BCUT2D eigenvalue weighted by Crippen LogP contribution is -2.56. The maximum Gasteiger partial charge on any atom is 0.156 e. The molecule has 0 aromatic carbocycles. The molecule has 0 bridgehead atoms. The van der Waals surface area contributed by atoms with Crippen LogP contribution in [0.1, 0.15) is 65.7 Å². The van der Waals surface area contributed by atoms with E-state index in [1.807, 2.05) is 6.92 Å². The minimum atomic E-state index is -1.51. The van der Waals surface area contributed by atoms with E-state index >= 15 is 0 Å². The molecule has 1 rings (SSSR count). The van der Waals surface area contributed by atoms with Gasteiger partial charge in [0.15, 0.2) is 12.6 Å². The van der Waals surface area contributed by atoms with Gasteiger partial charge in [-0.05, 0) is 56.1 Å². The van der Waals surface area contributed by atoms with E-state index in [0.717, 1.165) is 32.1 Å². The predicted octanol–water partition coefficient (Wildman–Crippen LogP) is 1.01. The normalized spacial score (nSPS) is 25.9. The molecule has 9 heteroatoms. The van der Waals surface area contributed by atoms with Crippen LogP contribution in [0.15, 0.2) is 0 Å². The molecule has 0 heterocycles. The second-order valence-corrected chi connectivity index (χ2v) is 10.0. The lowest BCUT2D eigenvalue weighted by atomic mass is 9.85. The van der Waals surface area contributed by atoms with Crippen molar-refractivity contribution in [1.29, 1.82) is 0 Å². The van der Waals surface area contributed by atoms with Gasteiger partial charge in [-0.2, -0.15) is 12.6 Å². The van der Waals surface area contributed by atoms with Crippen molar-refractivity contribution in [3.8, 4) is 0 Å². The zero-order chi connectivity index (χ0) is 23.6. The molecule has 0 saturated heterocycles. The van der Waals surface area contributed by atoms with Crippen LogP contribution in [0.3, 0.4) is 0 Å². The fourth-order valence-corrected chi connectivity index (χ4v) is 5.00. The van der Waals surface area contributed by atoms with E-state index in [9.17, 15) is 25.5 Å². The van der Waals surface area contributed by atoms with E-state index in [1.54, 1.807) is 0 Å². The first-order chi connectivity index (χ1) is 14.6. The zero-order valence-corrected chi connectivity index (χ0v) is 20.4. The lowest BCUT2D eigenvalue weighted by molar-refractivity contribution is -0.122. The molecule has 8 nitrogen and oxygen atoms in total. The molecule has 0 aromatic rings. The summed E-state index contributed by atoms with van der Waals surface area (Å²) in [5.74, 6) is 0.719. The predicted molar refractivity (Wildman–Crippen MR) is 124 cm³/mol. The number of aliphatic hydroxyl groups is 5. The third-order valence-electron chi connectivity index (χ3n) is 6.52. The van der Waals surface area contributed by atoms with E-state index in [2.05, 4.69) is 37.1 Å². The zero-order valence-electron chi connectivity index (χ0n) is 19.5. The molecule has 7 N–H and O–H groups in total. The highest BCUT2D eigenvalue weighted by Crippen LogP contribution is 2.28. The van der Waals surface area contributed by atoms with E-state index in [-0.39, 0.29) is 36.3 Å². The molecule has 4 unspecified atom stereocenters. The quantitative estimate of drug-likeness (QED) is 0.132. The van der Waals surface area contributed by atoms with E-state index in [1.165, 1.54) is 7.11 Å².